The molecule has 0 aromatic heterocycles. The van der Waals surface area contributed by atoms with Gasteiger partial charge in [0, 0.05) is 11.1 Å². The molecule has 0 unspecified atom stereocenters. The molecule has 0 bridgehead atoms. The normalized spacial score (nSPS) is 12.0. The molecule has 1 aromatic rings. The molecule has 4 nitrogen and oxygen atoms in total. The number of carbonyl (C=O) groups excluding carboxylic acids is 2. The molecule has 0 amide bonds. The maximum absolute atomic E-state index is 11.7. The van der Waals surface area contributed by atoms with Crippen molar-refractivity contribution in [2.24, 2.45) is 0 Å². The summed E-state index contributed by atoms with van der Waals surface area (Å²) < 4.78 is 10.5. The highest BCUT2D eigenvalue weighted by Crippen LogP contribution is 2.24. The summed E-state index contributed by atoms with van der Waals surface area (Å²) in [7, 11) is 0. The van der Waals surface area contributed by atoms with Crippen molar-refractivity contribution in [2.45, 2.75) is 34.6 Å². The second-order valence-corrected chi connectivity index (χ2v) is 4.65. The summed E-state index contributed by atoms with van der Waals surface area (Å²) in [5, 5.41) is 0. The molecule has 0 fully saturated rings. The lowest BCUT2D eigenvalue weighted by atomic mass is 10.2. The highest BCUT2D eigenvalue weighted by Gasteiger charge is 2.11. The highest BCUT2D eigenvalue weighted by atomic mass is 16.5. The molecule has 0 N–H and O–H groups in total. The summed E-state index contributed by atoms with van der Waals surface area (Å²) in [6.45, 7) is 8.70. The standard InChI is InChI=1S/C17H20O4/c1-6-11(3)16(18)20-14-8-9-15(13(5)10-14)21-17(19)12(4)7-2/h6-10H,1-5H3. The van der Waals surface area contributed by atoms with Crippen LogP contribution in [0.25, 0.3) is 0 Å². The lowest BCUT2D eigenvalue weighted by Crippen LogP contribution is -2.11. The first-order valence-electron chi connectivity index (χ1n) is 6.69. The molecule has 0 spiro atoms. The van der Waals surface area contributed by atoms with Crippen molar-refractivity contribution >= 4 is 11.9 Å². The minimum Gasteiger partial charge on any atom is -0.423 e. The Balaban J connectivity index is 2.86. The van der Waals surface area contributed by atoms with E-state index in [0.29, 0.717) is 22.6 Å². The highest BCUT2D eigenvalue weighted by molar-refractivity contribution is 5.90. The molecular formula is C17H20O4. The molecule has 0 atom stereocenters. The van der Waals surface area contributed by atoms with Gasteiger partial charge in [0.05, 0.1) is 0 Å². The molecule has 1 rings (SSSR count). The van der Waals surface area contributed by atoms with E-state index < -0.39 is 11.9 Å². The van der Waals surface area contributed by atoms with Crippen LogP contribution in [0.1, 0.15) is 33.3 Å². The first-order valence-corrected chi connectivity index (χ1v) is 6.69. The van der Waals surface area contributed by atoms with Crippen LogP contribution >= 0.6 is 0 Å². The zero-order valence-corrected chi connectivity index (χ0v) is 13.0. The maximum atomic E-state index is 11.7. The number of esters is 2. The molecular weight excluding hydrogens is 268 g/mol. The number of benzene rings is 1. The van der Waals surface area contributed by atoms with E-state index in [1.807, 2.05) is 0 Å². The summed E-state index contributed by atoms with van der Waals surface area (Å²) in [4.78, 5) is 23.4. The lowest BCUT2D eigenvalue weighted by molar-refractivity contribution is -0.131. The van der Waals surface area contributed by atoms with E-state index in [9.17, 15) is 9.59 Å². The van der Waals surface area contributed by atoms with Crippen LogP contribution < -0.4 is 9.47 Å². The summed E-state index contributed by atoms with van der Waals surface area (Å²) in [5.41, 5.74) is 1.79. The molecule has 0 aliphatic carbocycles. The van der Waals surface area contributed by atoms with E-state index in [0.717, 1.165) is 5.56 Å². The van der Waals surface area contributed by atoms with Gasteiger partial charge in [-0.25, -0.2) is 9.59 Å². The molecule has 112 valence electrons. The van der Waals surface area contributed by atoms with Gasteiger partial charge in [-0.2, -0.15) is 0 Å². The van der Waals surface area contributed by atoms with Crippen LogP contribution in [-0.2, 0) is 9.59 Å². The monoisotopic (exact) mass is 288 g/mol. The van der Waals surface area contributed by atoms with Gasteiger partial charge in [0.1, 0.15) is 11.5 Å². The maximum Gasteiger partial charge on any atom is 0.338 e. The molecule has 0 aliphatic rings. The van der Waals surface area contributed by atoms with Crippen molar-refractivity contribution in [1.82, 2.24) is 0 Å². The van der Waals surface area contributed by atoms with E-state index in [2.05, 4.69) is 0 Å². The average Bonchev–Trinajstić information content (AvgIpc) is 2.47. The number of allylic oxidation sites excluding steroid dienone is 2. The quantitative estimate of drug-likeness (QED) is 0.481. The molecule has 4 heteroatoms. The second-order valence-electron chi connectivity index (χ2n) is 4.65. The average molecular weight is 288 g/mol. The van der Waals surface area contributed by atoms with E-state index in [1.165, 1.54) is 0 Å². The van der Waals surface area contributed by atoms with Crippen LogP contribution in [0.3, 0.4) is 0 Å². The third kappa shape index (κ3) is 4.60. The summed E-state index contributed by atoms with van der Waals surface area (Å²) in [6, 6.07) is 4.87. The van der Waals surface area contributed by atoms with E-state index in [4.69, 9.17) is 9.47 Å². The number of aryl methyl sites for hydroxylation is 1. The van der Waals surface area contributed by atoms with Crippen molar-refractivity contribution in [2.75, 3.05) is 0 Å². The van der Waals surface area contributed by atoms with Crippen molar-refractivity contribution in [3.8, 4) is 11.5 Å². The van der Waals surface area contributed by atoms with Crippen LogP contribution in [-0.4, -0.2) is 11.9 Å². The fraction of sp³-hybridized carbons (Fsp3) is 0.294. The predicted octanol–water partition coefficient (Wildman–Crippen LogP) is 3.74. The minimum absolute atomic E-state index is 0.393. The smallest absolute Gasteiger partial charge is 0.338 e. The van der Waals surface area contributed by atoms with E-state index in [1.54, 1.807) is 65.0 Å². The predicted molar refractivity (Wildman–Crippen MR) is 81.3 cm³/mol. The Hall–Kier alpha value is -2.36. The SMILES string of the molecule is CC=C(C)C(=O)Oc1ccc(OC(=O)C(C)=CC)c(C)c1. The minimum atomic E-state index is -0.397. The number of rotatable bonds is 4. The van der Waals surface area contributed by atoms with Crippen LogP contribution in [0.5, 0.6) is 11.5 Å². The van der Waals surface area contributed by atoms with Crippen molar-refractivity contribution in [1.29, 1.82) is 0 Å². The third-order valence-electron chi connectivity index (χ3n) is 3.07. The van der Waals surface area contributed by atoms with Crippen LogP contribution in [0.2, 0.25) is 0 Å². The molecule has 0 saturated carbocycles. The Kier molecular flexibility index (Phi) is 5.91. The fourth-order valence-corrected chi connectivity index (χ4v) is 1.40. The Morgan fingerprint density at radius 2 is 1.48 bits per heavy atom. The zero-order valence-electron chi connectivity index (χ0n) is 13.0. The van der Waals surface area contributed by atoms with E-state index >= 15 is 0 Å². The molecule has 1 aromatic carbocycles. The van der Waals surface area contributed by atoms with Gasteiger partial charge < -0.3 is 9.47 Å². The number of ether oxygens (including phenoxy) is 2. The van der Waals surface area contributed by atoms with Gasteiger partial charge in [-0.1, -0.05) is 12.2 Å². The third-order valence-corrected chi connectivity index (χ3v) is 3.07. The van der Waals surface area contributed by atoms with E-state index in [-0.39, 0.29) is 0 Å². The van der Waals surface area contributed by atoms with Gasteiger partial charge in [-0.3, -0.25) is 0 Å². The molecule has 0 heterocycles. The zero-order chi connectivity index (χ0) is 16.0. The molecule has 21 heavy (non-hydrogen) atoms. The number of hydrogen-bond donors (Lipinski definition) is 0. The fourth-order valence-electron chi connectivity index (χ4n) is 1.40. The van der Waals surface area contributed by atoms with Crippen molar-refractivity contribution in [3.05, 3.63) is 47.1 Å². The first-order chi connectivity index (χ1) is 9.88. The van der Waals surface area contributed by atoms with Gasteiger partial charge in [0.25, 0.3) is 0 Å². The largest absolute Gasteiger partial charge is 0.423 e. The van der Waals surface area contributed by atoms with Crippen LogP contribution in [0, 0.1) is 6.92 Å². The summed E-state index contributed by atoms with van der Waals surface area (Å²) in [6.07, 6.45) is 3.37. The molecule has 0 saturated heterocycles. The molecule has 0 radical (unpaired) electrons. The Morgan fingerprint density at radius 1 is 0.952 bits per heavy atom. The Labute approximate surface area is 125 Å². The number of hydrogen-bond acceptors (Lipinski definition) is 4. The molecule has 0 aliphatic heterocycles. The topological polar surface area (TPSA) is 52.6 Å². The second kappa shape index (κ2) is 7.43. The van der Waals surface area contributed by atoms with Crippen molar-refractivity contribution < 1.29 is 19.1 Å². The summed E-state index contributed by atoms with van der Waals surface area (Å²) >= 11 is 0. The van der Waals surface area contributed by atoms with Gasteiger partial charge in [0.15, 0.2) is 0 Å². The van der Waals surface area contributed by atoms with Crippen molar-refractivity contribution in [3.63, 3.8) is 0 Å². The Bertz CT molecular complexity index is 609. The van der Waals surface area contributed by atoms with Gasteiger partial charge >= 0.3 is 11.9 Å². The van der Waals surface area contributed by atoms with Crippen LogP contribution in [0.15, 0.2) is 41.5 Å². The summed E-state index contributed by atoms with van der Waals surface area (Å²) in [5.74, 6) is 0.0755. The lowest BCUT2D eigenvalue weighted by Gasteiger charge is -2.10. The Morgan fingerprint density at radius 3 is 1.95 bits per heavy atom. The van der Waals surface area contributed by atoms with Crippen LogP contribution in [0.4, 0.5) is 0 Å². The van der Waals surface area contributed by atoms with Gasteiger partial charge in [-0.15, -0.1) is 0 Å². The first kappa shape index (κ1) is 16.7. The van der Waals surface area contributed by atoms with Gasteiger partial charge in [-0.05, 0) is 58.4 Å². The van der Waals surface area contributed by atoms with Gasteiger partial charge in [0.2, 0.25) is 0 Å². The number of carbonyl (C=O) groups is 2.